The summed E-state index contributed by atoms with van der Waals surface area (Å²) in [5.41, 5.74) is 0. The Kier molecular flexibility index (Phi) is 25.3. The Hall–Kier alpha value is -0.530. The molecule has 0 aliphatic rings. The molecule has 0 aromatic carbocycles. The van der Waals surface area contributed by atoms with Gasteiger partial charge < -0.3 is 4.90 Å². The minimum absolute atomic E-state index is 0.432. The Balaban J connectivity index is 4.03. The smallest absolute Gasteiger partial charge is 0.222 e. The zero-order valence-corrected chi connectivity index (χ0v) is 22.0. The van der Waals surface area contributed by atoms with E-state index < -0.39 is 0 Å². The molecule has 0 atom stereocenters. The molecule has 0 bridgehead atoms. The highest BCUT2D eigenvalue weighted by Gasteiger charge is 2.12. The maximum atomic E-state index is 12.8. The summed E-state index contributed by atoms with van der Waals surface area (Å²) in [6, 6.07) is 0. The van der Waals surface area contributed by atoms with Crippen LogP contribution >= 0.6 is 0 Å². The van der Waals surface area contributed by atoms with E-state index in [2.05, 4.69) is 25.7 Å². The van der Waals surface area contributed by atoms with Crippen LogP contribution in [0.3, 0.4) is 0 Å². The molecule has 0 aromatic heterocycles. The number of rotatable bonds is 25. The van der Waals surface area contributed by atoms with Gasteiger partial charge in [0.05, 0.1) is 0 Å². The second-order valence-corrected chi connectivity index (χ2v) is 9.85. The van der Waals surface area contributed by atoms with E-state index >= 15 is 0 Å². The summed E-state index contributed by atoms with van der Waals surface area (Å²) in [6.07, 6.45) is 29.9. The van der Waals surface area contributed by atoms with Gasteiger partial charge in [-0.25, -0.2) is 0 Å². The van der Waals surface area contributed by atoms with Crippen LogP contribution in [0.2, 0.25) is 0 Å². The standard InChI is InChI=1S/C29H59NO/c1-4-7-10-13-16-18-21-24-27-30(28-25-22-19-17-14-11-8-5-2)29(31)26-23-20-15-12-9-6-3/h4-28H2,1-3H3. The monoisotopic (exact) mass is 437 g/mol. The van der Waals surface area contributed by atoms with Gasteiger partial charge in [0.2, 0.25) is 5.91 Å². The van der Waals surface area contributed by atoms with Crippen molar-refractivity contribution < 1.29 is 4.79 Å². The van der Waals surface area contributed by atoms with Gasteiger partial charge in [-0.05, 0) is 19.3 Å². The average Bonchev–Trinajstić information content (AvgIpc) is 2.78. The molecule has 31 heavy (non-hydrogen) atoms. The largest absolute Gasteiger partial charge is 0.343 e. The van der Waals surface area contributed by atoms with Gasteiger partial charge in [-0.15, -0.1) is 0 Å². The Morgan fingerprint density at radius 1 is 0.419 bits per heavy atom. The third kappa shape index (κ3) is 22.5. The quantitative estimate of drug-likeness (QED) is 0.130. The maximum Gasteiger partial charge on any atom is 0.222 e. The van der Waals surface area contributed by atoms with E-state index in [0.717, 1.165) is 25.9 Å². The van der Waals surface area contributed by atoms with Crippen LogP contribution in [0.1, 0.15) is 168 Å². The lowest BCUT2D eigenvalue weighted by Gasteiger charge is -2.23. The number of carbonyl (C=O) groups excluding carboxylic acids is 1. The van der Waals surface area contributed by atoms with Crippen LogP contribution in [0.15, 0.2) is 0 Å². The van der Waals surface area contributed by atoms with Crippen molar-refractivity contribution in [2.24, 2.45) is 0 Å². The third-order valence-corrected chi connectivity index (χ3v) is 6.66. The van der Waals surface area contributed by atoms with Crippen molar-refractivity contribution >= 4 is 5.91 Å². The normalized spacial score (nSPS) is 11.2. The van der Waals surface area contributed by atoms with Crippen LogP contribution in [0.25, 0.3) is 0 Å². The second kappa shape index (κ2) is 25.7. The second-order valence-electron chi connectivity index (χ2n) is 9.85. The lowest BCUT2D eigenvalue weighted by molar-refractivity contribution is -0.131. The molecular formula is C29H59NO. The van der Waals surface area contributed by atoms with Gasteiger partial charge in [0, 0.05) is 19.5 Å². The molecule has 0 radical (unpaired) electrons. The number of carbonyl (C=O) groups is 1. The van der Waals surface area contributed by atoms with Crippen LogP contribution in [0, 0.1) is 0 Å². The molecule has 0 heterocycles. The Morgan fingerprint density at radius 3 is 1.06 bits per heavy atom. The Labute approximate surface area is 197 Å². The summed E-state index contributed by atoms with van der Waals surface area (Å²) in [7, 11) is 0. The molecule has 0 unspecified atom stereocenters. The molecule has 0 rings (SSSR count). The molecule has 0 saturated carbocycles. The average molecular weight is 438 g/mol. The van der Waals surface area contributed by atoms with E-state index in [1.807, 2.05) is 0 Å². The third-order valence-electron chi connectivity index (χ3n) is 6.66. The summed E-state index contributed by atoms with van der Waals surface area (Å²) in [5, 5.41) is 0. The molecule has 0 aliphatic carbocycles. The first kappa shape index (κ1) is 30.5. The highest BCUT2D eigenvalue weighted by Crippen LogP contribution is 2.13. The van der Waals surface area contributed by atoms with Crippen LogP contribution in [-0.2, 0) is 4.79 Å². The molecule has 0 N–H and O–H groups in total. The van der Waals surface area contributed by atoms with Crippen molar-refractivity contribution in [3.63, 3.8) is 0 Å². The van der Waals surface area contributed by atoms with Gasteiger partial charge in [0.15, 0.2) is 0 Å². The van der Waals surface area contributed by atoms with Crippen molar-refractivity contribution in [2.45, 2.75) is 168 Å². The van der Waals surface area contributed by atoms with Crippen molar-refractivity contribution in [3.8, 4) is 0 Å². The molecule has 0 aromatic rings. The fraction of sp³-hybridized carbons (Fsp3) is 0.966. The molecule has 0 fully saturated rings. The first-order valence-electron chi connectivity index (χ1n) is 14.5. The molecule has 2 heteroatoms. The highest BCUT2D eigenvalue weighted by atomic mass is 16.2. The predicted octanol–water partition coefficient (Wildman–Crippen LogP) is 9.85. The van der Waals surface area contributed by atoms with Crippen molar-refractivity contribution in [3.05, 3.63) is 0 Å². The summed E-state index contributed by atoms with van der Waals surface area (Å²) in [4.78, 5) is 15.1. The molecular weight excluding hydrogens is 378 g/mol. The lowest BCUT2D eigenvalue weighted by atomic mass is 10.1. The maximum absolute atomic E-state index is 12.8. The number of unbranched alkanes of at least 4 members (excludes halogenated alkanes) is 19. The molecule has 0 spiro atoms. The minimum atomic E-state index is 0.432. The van der Waals surface area contributed by atoms with Crippen LogP contribution in [0.5, 0.6) is 0 Å². The zero-order chi connectivity index (χ0) is 22.8. The summed E-state index contributed by atoms with van der Waals surface area (Å²) in [6.45, 7) is 8.82. The fourth-order valence-corrected chi connectivity index (χ4v) is 4.45. The number of nitrogens with zero attached hydrogens (tertiary/aromatic N) is 1. The highest BCUT2D eigenvalue weighted by molar-refractivity contribution is 5.76. The van der Waals surface area contributed by atoms with E-state index in [1.165, 1.54) is 135 Å². The van der Waals surface area contributed by atoms with Crippen LogP contribution < -0.4 is 0 Å². The topological polar surface area (TPSA) is 20.3 Å². The van der Waals surface area contributed by atoms with E-state index in [4.69, 9.17) is 0 Å². The van der Waals surface area contributed by atoms with Crippen molar-refractivity contribution in [1.29, 1.82) is 0 Å². The van der Waals surface area contributed by atoms with Crippen LogP contribution in [0.4, 0.5) is 0 Å². The van der Waals surface area contributed by atoms with Crippen molar-refractivity contribution in [2.75, 3.05) is 13.1 Å². The van der Waals surface area contributed by atoms with Gasteiger partial charge in [-0.3, -0.25) is 4.79 Å². The number of amides is 1. The Bertz CT molecular complexity index is 335. The zero-order valence-electron chi connectivity index (χ0n) is 22.0. The summed E-state index contributed by atoms with van der Waals surface area (Å²) < 4.78 is 0. The first-order chi connectivity index (χ1) is 15.3. The van der Waals surface area contributed by atoms with Gasteiger partial charge in [0.1, 0.15) is 0 Å². The lowest BCUT2D eigenvalue weighted by Crippen LogP contribution is -2.32. The summed E-state index contributed by atoms with van der Waals surface area (Å²) >= 11 is 0. The molecule has 2 nitrogen and oxygen atoms in total. The van der Waals surface area contributed by atoms with E-state index in [-0.39, 0.29) is 0 Å². The SMILES string of the molecule is CCCCCCCCCCN(CCCCCCCCCC)C(=O)CCCCCCCC. The van der Waals surface area contributed by atoms with Gasteiger partial charge in [-0.2, -0.15) is 0 Å². The molecule has 186 valence electrons. The minimum Gasteiger partial charge on any atom is -0.343 e. The number of hydrogen-bond donors (Lipinski definition) is 0. The summed E-state index contributed by atoms with van der Waals surface area (Å²) in [5.74, 6) is 0.432. The van der Waals surface area contributed by atoms with E-state index in [0.29, 0.717) is 5.91 Å². The van der Waals surface area contributed by atoms with Crippen molar-refractivity contribution in [1.82, 2.24) is 4.90 Å². The Morgan fingerprint density at radius 2 is 0.710 bits per heavy atom. The molecule has 1 amide bonds. The van der Waals surface area contributed by atoms with Crippen LogP contribution in [-0.4, -0.2) is 23.9 Å². The molecule has 0 aliphatic heterocycles. The first-order valence-corrected chi connectivity index (χ1v) is 14.5. The molecule has 0 saturated heterocycles. The van der Waals surface area contributed by atoms with E-state index in [9.17, 15) is 4.79 Å². The predicted molar refractivity (Wildman–Crippen MR) is 140 cm³/mol. The van der Waals surface area contributed by atoms with Gasteiger partial charge in [0.25, 0.3) is 0 Å². The van der Waals surface area contributed by atoms with Gasteiger partial charge >= 0.3 is 0 Å². The van der Waals surface area contributed by atoms with Gasteiger partial charge in [-0.1, -0.05) is 143 Å². The van der Waals surface area contributed by atoms with E-state index in [1.54, 1.807) is 0 Å². The fourth-order valence-electron chi connectivity index (χ4n) is 4.45. The number of hydrogen-bond acceptors (Lipinski definition) is 1.